The van der Waals surface area contributed by atoms with Crippen molar-refractivity contribution in [2.75, 3.05) is 44.9 Å². The van der Waals surface area contributed by atoms with Gasteiger partial charge in [0.1, 0.15) is 0 Å². The Bertz CT molecular complexity index is 284. The largest absolute Gasteiger partial charge is 0.397 e. The highest BCUT2D eigenvalue weighted by Gasteiger charge is 2.03. The maximum atomic E-state index is 5.87. The molecule has 78 valence electrons. The molecule has 0 spiro atoms. The molecule has 1 aromatic carbocycles. The summed E-state index contributed by atoms with van der Waals surface area (Å²) in [5, 5.41) is 0. The van der Waals surface area contributed by atoms with Crippen LogP contribution in [-0.2, 0) is 0 Å². The summed E-state index contributed by atoms with van der Waals surface area (Å²) in [6.45, 7) is 2.02. The Morgan fingerprint density at radius 2 is 1.71 bits per heavy atom. The Balaban J connectivity index is 2.60. The highest BCUT2D eigenvalue weighted by atomic mass is 15.2. The van der Waals surface area contributed by atoms with E-state index >= 15 is 0 Å². The number of hydrogen-bond donors (Lipinski definition) is 1. The van der Waals surface area contributed by atoms with Crippen molar-refractivity contribution in [1.82, 2.24) is 4.90 Å². The number of para-hydroxylation sites is 2. The molecule has 1 aromatic rings. The van der Waals surface area contributed by atoms with Gasteiger partial charge in [0.25, 0.3) is 0 Å². The van der Waals surface area contributed by atoms with Gasteiger partial charge in [-0.1, -0.05) is 12.1 Å². The summed E-state index contributed by atoms with van der Waals surface area (Å²) < 4.78 is 0. The van der Waals surface area contributed by atoms with E-state index in [1.165, 1.54) is 0 Å². The molecule has 3 heteroatoms. The first-order valence-corrected chi connectivity index (χ1v) is 4.81. The number of benzene rings is 1. The Morgan fingerprint density at radius 3 is 2.29 bits per heavy atom. The maximum absolute atomic E-state index is 5.87. The number of nitrogen functional groups attached to an aromatic ring is 1. The zero-order valence-corrected chi connectivity index (χ0v) is 9.20. The Labute approximate surface area is 86.1 Å². The minimum Gasteiger partial charge on any atom is -0.397 e. The smallest absolute Gasteiger partial charge is 0.0597 e. The fourth-order valence-electron chi connectivity index (χ4n) is 1.31. The molecule has 1 rings (SSSR count). The number of nitrogens with zero attached hydrogens (tertiary/aromatic N) is 2. The second-order valence-corrected chi connectivity index (χ2v) is 3.78. The summed E-state index contributed by atoms with van der Waals surface area (Å²) in [5.41, 5.74) is 7.82. The van der Waals surface area contributed by atoms with Crippen LogP contribution in [0.4, 0.5) is 11.4 Å². The molecule has 0 amide bonds. The van der Waals surface area contributed by atoms with Gasteiger partial charge in [0.2, 0.25) is 0 Å². The molecule has 2 N–H and O–H groups in total. The quantitative estimate of drug-likeness (QED) is 0.731. The molecular weight excluding hydrogens is 174 g/mol. The van der Waals surface area contributed by atoms with E-state index in [9.17, 15) is 0 Å². The highest BCUT2D eigenvalue weighted by Crippen LogP contribution is 2.20. The van der Waals surface area contributed by atoms with Crippen molar-refractivity contribution in [2.24, 2.45) is 0 Å². The molecule has 0 saturated heterocycles. The van der Waals surface area contributed by atoms with Crippen molar-refractivity contribution in [3.8, 4) is 0 Å². The van der Waals surface area contributed by atoms with Crippen LogP contribution >= 0.6 is 0 Å². The third-order valence-electron chi connectivity index (χ3n) is 2.23. The van der Waals surface area contributed by atoms with E-state index < -0.39 is 0 Å². The zero-order chi connectivity index (χ0) is 10.6. The predicted octanol–water partition coefficient (Wildman–Crippen LogP) is 1.27. The normalized spacial score (nSPS) is 10.6. The van der Waals surface area contributed by atoms with Gasteiger partial charge in [0, 0.05) is 20.1 Å². The van der Waals surface area contributed by atoms with E-state index in [1.807, 2.05) is 24.3 Å². The summed E-state index contributed by atoms with van der Waals surface area (Å²) >= 11 is 0. The van der Waals surface area contributed by atoms with Crippen LogP contribution in [0.1, 0.15) is 0 Å². The van der Waals surface area contributed by atoms with Crippen molar-refractivity contribution in [2.45, 2.75) is 0 Å². The number of nitrogens with two attached hydrogens (primary N) is 1. The van der Waals surface area contributed by atoms with Crippen molar-refractivity contribution >= 4 is 11.4 Å². The molecule has 0 radical (unpaired) electrons. The Hall–Kier alpha value is -1.22. The molecule has 0 unspecified atom stereocenters. The second-order valence-electron chi connectivity index (χ2n) is 3.78. The topological polar surface area (TPSA) is 32.5 Å². The molecule has 0 fully saturated rings. The first-order chi connectivity index (χ1) is 6.61. The van der Waals surface area contributed by atoms with Gasteiger partial charge in [-0.15, -0.1) is 0 Å². The molecule has 0 atom stereocenters. The molecule has 0 aliphatic carbocycles. The second kappa shape index (κ2) is 4.86. The van der Waals surface area contributed by atoms with Gasteiger partial charge in [-0.3, -0.25) is 0 Å². The average molecular weight is 193 g/mol. The predicted molar refractivity (Wildman–Crippen MR) is 62.7 cm³/mol. The van der Waals surface area contributed by atoms with E-state index in [0.29, 0.717) is 0 Å². The molecule has 0 aliphatic rings. The Morgan fingerprint density at radius 1 is 1.07 bits per heavy atom. The molecule has 0 bridgehead atoms. The summed E-state index contributed by atoms with van der Waals surface area (Å²) in [6, 6.07) is 7.95. The number of rotatable bonds is 4. The number of hydrogen-bond acceptors (Lipinski definition) is 3. The van der Waals surface area contributed by atoms with Crippen LogP contribution in [-0.4, -0.2) is 39.1 Å². The van der Waals surface area contributed by atoms with E-state index in [0.717, 1.165) is 24.5 Å². The van der Waals surface area contributed by atoms with E-state index in [-0.39, 0.29) is 0 Å². The van der Waals surface area contributed by atoms with E-state index in [4.69, 9.17) is 5.73 Å². The SMILES string of the molecule is CN(C)CCN(C)c1ccccc1N. The average Bonchev–Trinajstić information content (AvgIpc) is 2.15. The Kier molecular flexibility index (Phi) is 3.77. The molecule has 0 heterocycles. The lowest BCUT2D eigenvalue weighted by Crippen LogP contribution is -2.28. The minimum atomic E-state index is 0.841. The van der Waals surface area contributed by atoms with Crippen molar-refractivity contribution in [3.05, 3.63) is 24.3 Å². The third kappa shape index (κ3) is 2.92. The fourth-order valence-corrected chi connectivity index (χ4v) is 1.31. The van der Waals surface area contributed by atoms with Crippen LogP contribution in [0.15, 0.2) is 24.3 Å². The van der Waals surface area contributed by atoms with Gasteiger partial charge in [0.05, 0.1) is 11.4 Å². The van der Waals surface area contributed by atoms with Gasteiger partial charge in [0.15, 0.2) is 0 Å². The lowest BCUT2D eigenvalue weighted by molar-refractivity contribution is 0.416. The van der Waals surface area contributed by atoms with Gasteiger partial charge < -0.3 is 15.5 Å². The van der Waals surface area contributed by atoms with Gasteiger partial charge in [-0.25, -0.2) is 0 Å². The molecular formula is C11H19N3. The molecule has 14 heavy (non-hydrogen) atoms. The number of anilines is 2. The summed E-state index contributed by atoms with van der Waals surface area (Å²) in [4.78, 5) is 4.34. The van der Waals surface area contributed by atoms with Crippen LogP contribution in [0.5, 0.6) is 0 Å². The summed E-state index contributed by atoms with van der Waals surface area (Å²) in [6.07, 6.45) is 0. The van der Waals surface area contributed by atoms with Crippen LogP contribution < -0.4 is 10.6 Å². The lowest BCUT2D eigenvalue weighted by atomic mass is 10.2. The van der Waals surface area contributed by atoms with Crippen LogP contribution in [0.25, 0.3) is 0 Å². The van der Waals surface area contributed by atoms with Crippen LogP contribution in [0.3, 0.4) is 0 Å². The monoisotopic (exact) mass is 193 g/mol. The van der Waals surface area contributed by atoms with Crippen molar-refractivity contribution < 1.29 is 0 Å². The first-order valence-electron chi connectivity index (χ1n) is 4.81. The molecule has 3 nitrogen and oxygen atoms in total. The fraction of sp³-hybridized carbons (Fsp3) is 0.455. The minimum absolute atomic E-state index is 0.841. The van der Waals surface area contributed by atoms with Crippen LogP contribution in [0, 0.1) is 0 Å². The van der Waals surface area contributed by atoms with Crippen molar-refractivity contribution in [1.29, 1.82) is 0 Å². The molecule has 0 aliphatic heterocycles. The third-order valence-corrected chi connectivity index (χ3v) is 2.23. The molecule has 0 aromatic heterocycles. The number of likely N-dealkylation sites (N-methyl/N-ethyl adjacent to an activating group) is 2. The molecule has 0 saturated carbocycles. The maximum Gasteiger partial charge on any atom is 0.0597 e. The van der Waals surface area contributed by atoms with E-state index in [1.54, 1.807) is 0 Å². The highest BCUT2D eigenvalue weighted by molar-refractivity contribution is 5.66. The first kappa shape index (κ1) is 10.9. The van der Waals surface area contributed by atoms with Gasteiger partial charge >= 0.3 is 0 Å². The summed E-state index contributed by atoms with van der Waals surface area (Å²) in [7, 11) is 6.21. The van der Waals surface area contributed by atoms with Gasteiger partial charge in [-0.2, -0.15) is 0 Å². The lowest BCUT2D eigenvalue weighted by Gasteiger charge is -2.22. The zero-order valence-electron chi connectivity index (χ0n) is 9.20. The van der Waals surface area contributed by atoms with Crippen molar-refractivity contribution in [3.63, 3.8) is 0 Å². The van der Waals surface area contributed by atoms with Crippen LogP contribution in [0.2, 0.25) is 0 Å². The standard InChI is InChI=1S/C11H19N3/c1-13(2)8-9-14(3)11-7-5-4-6-10(11)12/h4-7H,8-9,12H2,1-3H3. The van der Waals surface area contributed by atoms with E-state index in [2.05, 4.69) is 30.9 Å². The summed E-state index contributed by atoms with van der Waals surface area (Å²) in [5.74, 6) is 0. The van der Waals surface area contributed by atoms with Gasteiger partial charge in [-0.05, 0) is 26.2 Å².